The van der Waals surface area contributed by atoms with E-state index in [1.54, 1.807) is 0 Å². The summed E-state index contributed by atoms with van der Waals surface area (Å²) in [4.78, 5) is 0. The Balaban J connectivity index is 1.13. The van der Waals surface area contributed by atoms with Gasteiger partial charge >= 0.3 is 0 Å². The second-order valence-corrected chi connectivity index (χ2v) is 15.6. The Morgan fingerprint density at radius 3 is 1.56 bits per heavy atom. The van der Waals surface area contributed by atoms with Crippen molar-refractivity contribution < 1.29 is 0 Å². The molecule has 12 aromatic rings. The van der Waals surface area contributed by atoms with Crippen molar-refractivity contribution in [2.24, 2.45) is 0 Å². The van der Waals surface area contributed by atoms with E-state index in [4.69, 9.17) is 0 Å². The van der Waals surface area contributed by atoms with E-state index in [9.17, 15) is 0 Å². The van der Waals surface area contributed by atoms with Crippen LogP contribution in [0.25, 0.3) is 108 Å². The predicted molar refractivity (Wildman–Crippen MR) is 236 cm³/mol. The van der Waals surface area contributed by atoms with Gasteiger partial charge < -0.3 is 9.13 Å². The van der Waals surface area contributed by atoms with Gasteiger partial charge in [-0.1, -0.05) is 140 Å². The van der Waals surface area contributed by atoms with Gasteiger partial charge in [0.25, 0.3) is 0 Å². The van der Waals surface area contributed by atoms with Gasteiger partial charge in [-0.05, 0) is 82.1 Å². The molecule has 0 aliphatic rings. The molecule has 3 heterocycles. The molecule has 3 heteroatoms. The molecule has 12 rings (SSSR count). The average Bonchev–Trinajstić information content (AvgIpc) is 3.90. The Morgan fingerprint density at radius 1 is 0.309 bits per heavy atom. The molecule has 55 heavy (non-hydrogen) atoms. The molecule has 0 radical (unpaired) electrons. The van der Waals surface area contributed by atoms with Gasteiger partial charge in [-0.3, -0.25) is 0 Å². The largest absolute Gasteiger partial charge is 0.309 e. The highest BCUT2D eigenvalue weighted by molar-refractivity contribution is 7.26. The number of hydrogen-bond donors (Lipinski definition) is 0. The fourth-order valence-electron chi connectivity index (χ4n) is 9.03. The van der Waals surface area contributed by atoms with Crippen LogP contribution in [0.4, 0.5) is 0 Å². The maximum Gasteiger partial charge on any atom is 0.0547 e. The topological polar surface area (TPSA) is 9.86 Å². The third-order valence-corrected chi connectivity index (χ3v) is 12.7. The molecule has 0 aliphatic carbocycles. The van der Waals surface area contributed by atoms with Crippen molar-refractivity contribution in [2.75, 3.05) is 0 Å². The predicted octanol–water partition coefficient (Wildman–Crippen LogP) is 14.7. The number of aromatic nitrogens is 2. The highest BCUT2D eigenvalue weighted by Gasteiger charge is 2.19. The number of rotatable bonds is 4. The third-order valence-electron chi connectivity index (χ3n) is 11.5. The minimum atomic E-state index is 1.17. The molecule has 2 nitrogen and oxygen atoms in total. The molecule has 0 amide bonds. The average molecular weight is 717 g/mol. The number of para-hydroxylation sites is 3. The molecule has 0 fully saturated rings. The Bertz CT molecular complexity index is 3480. The summed E-state index contributed by atoms with van der Waals surface area (Å²) >= 11 is 1.90. The van der Waals surface area contributed by atoms with Crippen LogP contribution in [-0.4, -0.2) is 9.13 Å². The van der Waals surface area contributed by atoms with E-state index in [0.717, 1.165) is 0 Å². The van der Waals surface area contributed by atoms with E-state index in [-0.39, 0.29) is 0 Å². The molecule has 256 valence electrons. The summed E-state index contributed by atoms with van der Waals surface area (Å²) in [6.07, 6.45) is 0. The van der Waals surface area contributed by atoms with Crippen LogP contribution in [0.2, 0.25) is 0 Å². The van der Waals surface area contributed by atoms with Gasteiger partial charge in [-0.15, -0.1) is 11.3 Å². The first-order valence-corrected chi connectivity index (χ1v) is 19.7. The lowest BCUT2D eigenvalue weighted by Gasteiger charge is -2.14. The lowest BCUT2D eigenvalue weighted by Crippen LogP contribution is -1.96. The van der Waals surface area contributed by atoms with Gasteiger partial charge in [0, 0.05) is 58.7 Å². The summed E-state index contributed by atoms with van der Waals surface area (Å²) in [5.74, 6) is 0. The molecular weight excluding hydrogens is 685 g/mol. The number of nitrogens with zero attached hydrogens (tertiary/aromatic N) is 2. The fourth-order valence-corrected chi connectivity index (χ4v) is 10.2. The molecule has 0 saturated heterocycles. The fraction of sp³-hybridized carbons (Fsp3) is 0. The Morgan fingerprint density at radius 2 is 0.855 bits per heavy atom. The van der Waals surface area contributed by atoms with Crippen molar-refractivity contribution in [3.05, 3.63) is 194 Å². The second kappa shape index (κ2) is 11.8. The molecule has 0 atom stereocenters. The maximum absolute atomic E-state index is 2.49. The van der Waals surface area contributed by atoms with Crippen LogP contribution in [0, 0.1) is 0 Å². The number of benzene rings is 9. The van der Waals surface area contributed by atoms with E-state index in [0.29, 0.717) is 0 Å². The van der Waals surface area contributed by atoms with Crippen LogP contribution in [-0.2, 0) is 0 Å². The lowest BCUT2D eigenvalue weighted by atomic mass is 9.96. The van der Waals surface area contributed by atoms with Crippen molar-refractivity contribution in [3.63, 3.8) is 0 Å². The summed E-state index contributed by atoms with van der Waals surface area (Å²) in [6.45, 7) is 0. The Hall–Kier alpha value is -6.94. The van der Waals surface area contributed by atoms with Gasteiger partial charge in [0.05, 0.1) is 22.1 Å². The SMILES string of the molecule is c1ccc(-n2c3ccccc3c3ccc(-c4ccc5c6ccccc6n(-c6cc(-c7cccc8ccccc78)c7sc8ccccc8c7c6)c5c4)cc32)cc1. The van der Waals surface area contributed by atoms with Crippen LogP contribution in [0.15, 0.2) is 194 Å². The summed E-state index contributed by atoms with van der Waals surface area (Å²) in [6, 6.07) is 71.5. The second-order valence-electron chi connectivity index (χ2n) is 14.5. The summed E-state index contributed by atoms with van der Waals surface area (Å²) in [7, 11) is 0. The molecule has 9 aromatic carbocycles. The van der Waals surface area contributed by atoms with Crippen LogP contribution in [0.1, 0.15) is 0 Å². The van der Waals surface area contributed by atoms with Crippen molar-refractivity contribution in [1.29, 1.82) is 0 Å². The Labute approximate surface area is 321 Å². The van der Waals surface area contributed by atoms with E-state index < -0.39 is 0 Å². The first kappa shape index (κ1) is 30.5. The maximum atomic E-state index is 2.49. The van der Waals surface area contributed by atoms with Crippen molar-refractivity contribution >= 4 is 85.9 Å². The normalized spacial score (nSPS) is 12.0. The van der Waals surface area contributed by atoms with Crippen molar-refractivity contribution in [3.8, 4) is 33.6 Å². The molecule has 3 aromatic heterocycles. The van der Waals surface area contributed by atoms with Gasteiger partial charge in [0.15, 0.2) is 0 Å². The third kappa shape index (κ3) is 4.54. The molecule has 0 saturated carbocycles. The van der Waals surface area contributed by atoms with Crippen LogP contribution < -0.4 is 0 Å². The summed E-state index contributed by atoms with van der Waals surface area (Å²) in [5.41, 5.74) is 12.1. The minimum Gasteiger partial charge on any atom is -0.309 e. The first-order chi connectivity index (χ1) is 27.3. The van der Waals surface area contributed by atoms with Gasteiger partial charge in [0.2, 0.25) is 0 Å². The molecular formula is C52H32N2S. The molecule has 0 spiro atoms. The zero-order valence-corrected chi connectivity index (χ0v) is 30.6. The van der Waals surface area contributed by atoms with Gasteiger partial charge in [0.1, 0.15) is 0 Å². The summed E-state index contributed by atoms with van der Waals surface area (Å²) in [5, 5.41) is 10.2. The number of thiophene rings is 1. The number of hydrogen-bond acceptors (Lipinski definition) is 1. The Kier molecular flexibility index (Phi) is 6.54. The molecule has 0 unspecified atom stereocenters. The van der Waals surface area contributed by atoms with E-state index >= 15 is 0 Å². The molecule has 0 N–H and O–H groups in total. The highest BCUT2D eigenvalue weighted by Crippen LogP contribution is 2.45. The number of fused-ring (bicyclic) bond motifs is 10. The van der Waals surface area contributed by atoms with Crippen LogP contribution in [0.5, 0.6) is 0 Å². The monoisotopic (exact) mass is 716 g/mol. The van der Waals surface area contributed by atoms with Crippen molar-refractivity contribution in [2.45, 2.75) is 0 Å². The zero-order valence-electron chi connectivity index (χ0n) is 29.8. The molecule has 0 aliphatic heterocycles. The van der Waals surface area contributed by atoms with Crippen molar-refractivity contribution in [1.82, 2.24) is 9.13 Å². The quantitative estimate of drug-likeness (QED) is 0.172. The van der Waals surface area contributed by atoms with E-state index in [1.807, 2.05) is 11.3 Å². The van der Waals surface area contributed by atoms with Crippen LogP contribution >= 0.6 is 11.3 Å². The highest BCUT2D eigenvalue weighted by atomic mass is 32.1. The minimum absolute atomic E-state index is 1.17. The summed E-state index contributed by atoms with van der Waals surface area (Å²) < 4.78 is 7.53. The molecule has 0 bridgehead atoms. The lowest BCUT2D eigenvalue weighted by molar-refractivity contribution is 1.18. The first-order valence-electron chi connectivity index (χ1n) is 18.8. The van der Waals surface area contributed by atoms with Gasteiger partial charge in [-0.25, -0.2) is 0 Å². The van der Waals surface area contributed by atoms with Gasteiger partial charge in [-0.2, -0.15) is 0 Å². The van der Waals surface area contributed by atoms with E-state index in [2.05, 4.69) is 203 Å². The zero-order chi connectivity index (χ0) is 36.0. The smallest absolute Gasteiger partial charge is 0.0547 e. The van der Waals surface area contributed by atoms with E-state index in [1.165, 1.54) is 108 Å². The van der Waals surface area contributed by atoms with Crippen LogP contribution in [0.3, 0.4) is 0 Å². The standard InChI is InChI=1S/C52H32N2S/c1-2-15-36(16-3-1)53-47-22-9-6-18-40(47)42-27-25-34(29-49(42)53)35-26-28-43-41-19-7-10-23-48(41)54(50(43)30-35)37-31-45(39-21-12-14-33-13-4-5-17-38(33)39)52-46(32-37)44-20-8-11-24-51(44)55-52/h1-32H.